The van der Waals surface area contributed by atoms with E-state index in [1.165, 1.54) is 12.8 Å². The lowest BCUT2D eigenvalue weighted by molar-refractivity contribution is 0.715. The summed E-state index contributed by atoms with van der Waals surface area (Å²) in [5.41, 5.74) is 5.51. The van der Waals surface area contributed by atoms with Crippen molar-refractivity contribution in [1.29, 1.82) is 0 Å². The number of nitrogens with two attached hydrogens (primary N) is 1. The maximum atomic E-state index is 5.51. The van der Waals surface area contributed by atoms with E-state index < -0.39 is 0 Å². The molecular formula is C10H16N4. The zero-order chi connectivity index (χ0) is 9.80. The Labute approximate surface area is 84.1 Å². The van der Waals surface area contributed by atoms with Crippen molar-refractivity contribution in [3.05, 3.63) is 18.3 Å². The van der Waals surface area contributed by atoms with Gasteiger partial charge in [0.15, 0.2) is 5.82 Å². The van der Waals surface area contributed by atoms with Crippen LogP contribution < -0.4 is 10.6 Å². The molecule has 1 saturated carbocycles. The molecule has 4 nitrogen and oxygen atoms in total. The number of anilines is 1. The van der Waals surface area contributed by atoms with E-state index in [1.807, 2.05) is 12.1 Å². The van der Waals surface area contributed by atoms with Crippen molar-refractivity contribution in [1.82, 2.24) is 10.2 Å². The molecule has 0 aromatic carbocycles. The number of hydrogen-bond acceptors (Lipinski definition) is 4. The molecule has 0 amide bonds. The molecule has 1 heterocycles. The topological polar surface area (TPSA) is 55.0 Å². The first-order valence-electron chi connectivity index (χ1n) is 5.16. The second-order valence-electron chi connectivity index (χ2n) is 3.65. The fraction of sp³-hybridized carbons (Fsp3) is 0.600. The molecule has 0 atom stereocenters. The quantitative estimate of drug-likeness (QED) is 0.749. The largest absolute Gasteiger partial charge is 0.352 e. The smallest absolute Gasteiger partial charge is 0.151 e. The highest BCUT2D eigenvalue weighted by Crippen LogP contribution is 2.30. The van der Waals surface area contributed by atoms with Crippen LogP contribution in [0.5, 0.6) is 0 Å². The van der Waals surface area contributed by atoms with Crippen molar-refractivity contribution in [3.63, 3.8) is 0 Å². The molecule has 1 fully saturated rings. The van der Waals surface area contributed by atoms with Crippen LogP contribution in [0.4, 0.5) is 5.82 Å². The van der Waals surface area contributed by atoms with Gasteiger partial charge in [0.1, 0.15) is 0 Å². The minimum Gasteiger partial charge on any atom is -0.352 e. The molecule has 0 aliphatic heterocycles. The number of nitrogens with zero attached hydrogens (tertiary/aromatic N) is 3. The second-order valence-corrected chi connectivity index (χ2v) is 3.65. The zero-order valence-corrected chi connectivity index (χ0v) is 8.26. The van der Waals surface area contributed by atoms with Gasteiger partial charge in [-0.3, -0.25) is 0 Å². The van der Waals surface area contributed by atoms with E-state index in [9.17, 15) is 0 Å². The van der Waals surface area contributed by atoms with Crippen LogP contribution in [-0.4, -0.2) is 29.3 Å². The molecule has 0 spiro atoms. The van der Waals surface area contributed by atoms with Gasteiger partial charge in [0.05, 0.1) is 0 Å². The first kappa shape index (κ1) is 9.40. The second kappa shape index (κ2) is 4.37. The number of hydrogen-bond donors (Lipinski definition) is 1. The highest BCUT2D eigenvalue weighted by Gasteiger charge is 2.29. The van der Waals surface area contributed by atoms with Crippen molar-refractivity contribution in [3.8, 4) is 0 Å². The fourth-order valence-electron chi connectivity index (χ4n) is 1.58. The van der Waals surface area contributed by atoms with E-state index >= 15 is 0 Å². The molecule has 76 valence electrons. The summed E-state index contributed by atoms with van der Waals surface area (Å²) >= 11 is 0. The first-order valence-corrected chi connectivity index (χ1v) is 5.16. The maximum Gasteiger partial charge on any atom is 0.151 e. The molecule has 2 rings (SSSR count). The van der Waals surface area contributed by atoms with Gasteiger partial charge in [0.2, 0.25) is 0 Å². The van der Waals surface area contributed by atoms with E-state index in [-0.39, 0.29) is 0 Å². The Kier molecular flexibility index (Phi) is 2.93. The Morgan fingerprint density at radius 3 is 2.93 bits per heavy atom. The summed E-state index contributed by atoms with van der Waals surface area (Å²) in [6, 6.07) is 4.63. The third kappa shape index (κ3) is 2.20. The van der Waals surface area contributed by atoms with Crippen molar-refractivity contribution < 1.29 is 0 Å². The van der Waals surface area contributed by atoms with Gasteiger partial charge in [-0.15, -0.1) is 5.10 Å². The summed E-state index contributed by atoms with van der Waals surface area (Å²) in [6.45, 7) is 1.74. The summed E-state index contributed by atoms with van der Waals surface area (Å²) < 4.78 is 0. The summed E-state index contributed by atoms with van der Waals surface area (Å²) in [4.78, 5) is 2.32. The van der Waals surface area contributed by atoms with Crippen LogP contribution in [0.1, 0.15) is 19.3 Å². The normalized spacial score (nSPS) is 15.5. The van der Waals surface area contributed by atoms with Gasteiger partial charge < -0.3 is 10.6 Å². The average Bonchev–Trinajstić information content (AvgIpc) is 3.04. The molecule has 4 heteroatoms. The van der Waals surface area contributed by atoms with Crippen LogP contribution in [0.3, 0.4) is 0 Å². The third-order valence-electron chi connectivity index (χ3n) is 2.44. The van der Waals surface area contributed by atoms with Crippen LogP contribution in [0.15, 0.2) is 18.3 Å². The Bertz CT molecular complexity index is 271. The van der Waals surface area contributed by atoms with Crippen molar-refractivity contribution in [2.24, 2.45) is 5.73 Å². The molecule has 1 aromatic rings. The zero-order valence-electron chi connectivity index (χ0n) is 8.26. The summed E-state index contributed by atoms with van der Waals surface area (Å²) in [7, 11) is 0. The molecule has 0 radical (unpaired) electrons. The lowest BCUT2D eigenvalue weighted by Gasteiger charge is -2.22. The molecule has 2 N–H and O–H groups in total. The molecule has 1 aliphatic rings. The minimum absolute atomic E-state index is 0.679. The Balaban J connectivity index is 2.02. The van der Waals surface area contributed by atoms with Crippen LogP contribution in [0, 0.1) is 0 Å². The van der Waals surface area contributed by atoms with Crippen LogP contribution in [0.25, 0.3) is 0 Å². The van der Waals surface area contributed by atoms with E-state index in [0.29, 0.717) is 6.04 Å². The molecule has 14 heavy (non-hydrogen) atoms. The highest BCUT2D eigenvalue weighted by molar-refractivity contribution is 5.39. The van der Waals surface area contributed by atoms with Crippen LogP contribution in [-0.2, 0) is 0 Å². The van der Waals surface area contributed by atoms with Crippen LogP contribution in [0.2, 0.25) is 0 Å². The van der Waals surface area contributed by atoms with E-state index in [4.69, 9.17) is 5.73 Å². The summed E-state index contributed by atoms with van der Waals surface area (Å²) in [5.74, 6) is 0.989. The van der Waals surface area contributed by atoms with Gasteiger partial charge in [-0.25, -0.2) is 0 Å². The average molecular weight is 192 g/mol. The van der Waals surface area contributed by atoms with E-state index in [2.05, 4.69) is 15.1 Å². The van der Waals surface area contributed by atoms with Gasteiger partial charge in [-0.05, 0) is 37.9 Å². The third-order valence-corrected chi connectivity index (χ3v) is 2.44. The minimum atomic E-state index is 0.679. The SMILES string of the molecule is NCCCN(c1cccnn1)C1CC1. The fourth-order valence-corrected chi connectivity index (χ4v) is 1.58. The Morgan fingerprint density at radius 2 is 2.36 bits per heavy atom. The van der Waals surface area contributed by atoms with Gasteiger partial charge in [0.25, 0.3) is 0 Å². The highest BCUT2D eigenvalue weighted by atomic mass is 15.3. The summed E-state index contributed by atoms with van der Waals surface area (Å²) in [6.07, 6.45) is 5.28. The molecule has 0 saturated heterocycles. The van der Waals surface area contributed by atoms with E-state index in [0.717, 1.165) is 25.3 Å². The predicted molar refractivity (Wildman–Crippen MR) is 56.1 cm³/mol. The van der Waals surface area contributed by atoms with Gasteiger partial charge in [-0.2, -0.15) is 5.10 Å². The lowest BCUT2D eigenvalue weighted by Crippen LogP contribution is -2.29. The summed E-state index contributed by atoms with van der Waals surface area (Å²) in [5, 5.41) is 8.03. The molecule has 1 aliphatic carbocycles. The maximum absolute atomic E-state index is 5.51. The van der Waals surface area contributed by atoms with E-state index in [1.54, 1.807) is 6.20 Å². The van der Waals surface area contributed by atoms with Crippen molar-refractivity contribution >= 4 is 5.82 Å². The Morgan fingerprint density at radius 1 is 1.50 bits per heavy atom. The van der Waals surface area contributed by atoms with Gasteiger partial charge in [-0.1, -0.05) is 0 Å². The molecular weight excluding hydrogens is 176 g/mol. The standard InChI is InChI=1S/C10H16N4/c11-6-2-8-14(9-4-5-9)10-3-1-7-12-13-10/h1,3,7,9H,2,4-6,8,11H2. The first-order chi connectivity index (χ1) is 6.92. The van der Waals surface area contributed by atoms with Gasteiger partial charge >= 0.3 is 0 Å². The Hall–Kier alpha value is -1.16. The lowest BCUT2D eigenvalue weighted by atomic mass is 10.3. The molecule has 0 bridgehead atoms. The van der Waals surface area contributed by atoms with Gasteiger partial charge in [0, 0.05) is 18.8 Å². The molecule has 0 unspecified atom stereocenters. The monoisotopic (exact) mass is 192 g/mol. The van der Waals surface area contributed by atoms with Crippen molar-refractivity contribution in [2.45, 2.75) is 25.3 Å². The van der Waals surface area contributed by atoms with Crippen LogP contribution >= 0.6 is 0 Å². The van der Waals surface area contributed by atoms with Crippen molar-refractivity contribution in [2.75, 3.05) is 18.0 Å². The number of rotatable bonds is 5. The molecule has 1 aromatic heterocycles. The predicted octanol–water partition coefficient (Wildman–Crippen LogP) is 0.794. The number of aromatic nitrogens is 2.